The Labute approximate surface area is 115 Å². The number of hydrogen-bond donors (Lipinski definition) is 1. The Morgan fingerprint density at radius 3 is 2.74 bits per heavy atom. The number of rotatable bonds is 6. The molecular weight excluding hydrogens is 272 g/mol. The summed E-state index contributed by atoms with van der Waals surface area (Å²) in [5.74, 6) is 0.104. The van der Waals surface area contributed by atoms with Crippen molar-refractivity contribution in [3.63, 3.8) is 0 Å². The molecule has 1 rings (SSSR count). The molecule has 1 N–H and O–H groups in total. The van der Waals surface area contributed by atoms with E-state index in [0.717, 1.165) is 0 Å². The highest BCUT2D eigenvalue weighted by atomic mass is 35.5. The Hall–Kier alpha value is -1.82. The number of benzene rings is 1. The fraction of sp³-hybridized carbons (Fsp3) is 0.417. The van der Waals surface area contributed by atoms with Gasteiger partial charge in [-0.2, -0.15) is 0 Å². The number of halogens is 1. The maximum Gasteiger partial charge on any atom is 0.273 e. The number of hydrogen-bond acceptors (Lipinski definition) is 4. The second kappa shape index (κ2) is 6.94. The zero-order valence-corrected chi connectivity index (χ0v) is 11.4. The molecule has 1 atom stereocenters. The number of nitrogens with one attached hydrogen (secondary N) is 1. The lowest BCUT2D eigenvalue weighted by atomic mass is 10.1. The Balaban J connectivity index is 2.99. The molecule has 104 valence electrons. The minimum absolute atomic E-state index is 0.127. The van der Waals surface area contributed by atoms with Crippen LogP contribution in [0.15, 0.2) is 18.2 Å². The molecule has 7 heteroatoms. The van der Waals surface area contributed by atoms with Gasteiger partial charge in [-0.1, -0.05) is 6.92 Å². The summed E-state index contributed by atoms with van der Waals surface area (Å²) in [6, 6.07) is 3.71. The highest BCUT2D eigenvalue weighted by Gasteiger charge is 2.18. The van der Waals surface area contributed by atoms with Gasteiger partial charge >= 0.3 is 0 Å². The highest BCUT2D eigenvalue weighted by Crippen LogP contribution is 2.24. The highest BCUT2D eigenvalue weighted by molar-refractivity contribution is 6.18. The monoisotopic (exact) mass is 286 g/mol. The van der Waals surface area contributed by atoms with Crippen LogP contribution < -0.4 is 10.1 Å². The van der Waals surface area contributed by atoms with E-state index in [1.54, 1.807) is 0 Å². The average Bonchev–Trinajstić information content (AvgIpc) is 2.43. The third-order valence-corrected chi connectivity index (χ3v) is 3.03. The summed E-state index contributed by atoms with van der Waals surface area (Å²) in [7, 11) is 1.36. The molecule has 0 heterocycles. The molecule has 19 heavy (non-hydrogen) atoms. The summed E-state index contributed by atoms with van der Waals surface area (Å²) < 4.78 is 5.01. The summed E-state index contributed by atoms with van der Waals surface area (Å²) in [5, 5.41) is 13.4. The van der Waals surface area contributed by atoms with Crippen LogP contribution in [0.2, 0.25) is 0 Å². The molecular formula is C12H15ClN2O4. The quantitative estimate of drug-likeness (QED) is 0.494. The third-order valence-electron chi connectivity index (χ3n) is 2.65. The first-order valence-corrected chi connectivity index (χ1v) is 6.26. The number of non-ortho nitro benzene ring substituents is 1. The zero-order chi connectivity index (χ0) is 14.4. The molecule has 0 saturated carbocycles. The number of nitrogens with zero attached hydrogens (tertiary/aromatic N) is 1. The number of methoxy groups -OCH3 is 1. The van der Waals surface area contributed by atoms with E-state index in [2.05, 4.69) is 5.32 Å². The van der Waals surface area contributed by atoms with E-state index in [-0.39, 0.29) is 28.9 Å². The lowest BCUT2D eigenvalue weighted by Gasteiger charge is -2.15. The van der Waals surface area contributed by atoms with E-state index in [1.165, 1.54) is 25.3 Å². The van der Waals surface area contributed by atoms with Crippen LogP contribution in [-0.4, -0.2) is 29.9 Å². The van der Waals surface area contributed by atoms with Crippen molar-refractivity contribution in [1.29, 1.82) is 0 Å². The van der Waals surface area contributed by atoms with Crippen LogP contribution in [0, 0.1) is 10.1 Å². The third kappa shape index (κ3) is 3.82. The molecule has 0 radical (unpaired) electrons. The van der Waals surface area contributed by atoms with Gasteiger partial charge in [-0.3, -0.25) is 14.9 Å². The van der Waals surface area contributed by atoms with Crippen LogP contribution in [-0.2, 0) is 0 Å². The van der Waals surface area contributed by atoms with Gasteiger partial charge in [-0.25, -0.2) is 0 Å². The molecule has 0 fully saturated rings. The minimum Gasteiger partial charge on any atom is -0.496 e. The van der Waals surface area contributed by atoms with Gasteiger partial charge in [-0.05, 0) is 12.5 Å². The molecule has 0 bridgehead atoms. The van der Waals surface area contributed by atoms with Crippen molar-refractivity contribution in [1.82, 2.24) is 5.32 Å². The summed E-state index contributed by atoms with van der Waals surface area (Å²) in [5.41, 5.74) is 0.120. The van der Waals surface area contributed by atoms with Crippen LogP contribution in [0.4, 0.5) is 5.69 Å². The fourth-order valence-corrected chi connectivity index (χ4v) is 1.79. The van der Waals surface area contributed by atoms with E-state index in [1.807, 2.05) is 6.92 Å². The van der Waals surface area contributed by atoms with Gasteiger partial charge in [-0.15, -0.1) is 11.6 Å². The van der Waals surface area contributed by atoms with Crippen LogP contribution in [0.3, 0.4) is 0 Å². The Morgan fingerprint density at radius 1 is 1.58 bits per heavy atom. The van der Waals surface area contributed by atoms with E-state index in [4.69, 9.17) is 16.3 Å². The zero-order valence-electron chi connectivity index (χ0n) is 10.7. The molecule has 1 unspecified atom stereocenters. The molecule has 6 nitrogen and oxygen atoms in total. The predicted octanol–water partition coefficient (Wildman–Crippen LogP) is 2.35. The number of amides is 1. The Kier molecular flexibility index (Phi) is 5.57. The van der Waals surface area contributed by atoms with Crippen molar-refractivity contribution in [2.75, 3.05) is 13.0 Å². The molecule has 0 aromatic heterocycles. The van der Waals surface area contributed by atoms with E-state index in [0.29, 0.717) is 12.3 Å². The van der Waals surface area contributed by atoms with E-state index in [9.17, 15) is 14.9 Å². The van der Waals surface area contributed by atoms with Gasteiger partial charge in [0.2, 0.25) is 0 Å². The number of alkyl halides is 1. The number of ether oxygens (including phenoxy) is 1. The lowest BCUT2D eigenvalue weighted by Crippen LogP contribution is -2.35. The van der Waals surface area contributed by atoms with Gasteiger partial charge in [0.25, 0.3) is 11.6 Å². The molecule has 0 saturated heterocycles. The summed E-state index contributed by atoms with van der Waals surface area (Å²) in [4.78, 5) is 22.1. The van der Waals surface area contributed by atoms with Crippen molar-refractivity contribution in [2.24, 2.45) is 0 Å². The first-order valence-electron chi connectivity index (χ1n) is 5.72. The van der Waals surface area contributed by atoms with Gasteiger partial charge in [0.05, 0.1) is 23.7 Å². The van der Waals surface area contributed by atoms with E-state index >= 15 is 0 Å². The smallest absolute Gasteiger partial charge is 0.273 e. The molecule has 0 aliphatic rings. The largest absolute Gasteiger partial charge is 0.496 e. The molecule has 0 aliphatic heterocycles. The maximum atomic E-state index is 12.0. The maximum absolute atomic E-state index is 12.0. The fourth-order valence-electron chi connectivity index (χ4n) is 1.49. The van der Waals surface area contributed by atoms with Crippen LogP contribution in [0.1, 0.15) is 23.7 Å². The van der Waals surface area contributed by atoms with E-state index < -0.39 is 4.92 Å². The second-order valence-corrected chi connectivity index (χ2v) is 4.18. The van der Waals surface area contributed by atoms with Gasteiger partial charge < -0.3 is 10.1 Å². The summed E-state index contributed by atoms with van der Waals surface area (Å²) >= 11 is 5.70. The molecule has 0 aliphatic carbocycles. The van der Waals surface area contributed by atoms with Crippen LogP contribution in [0.5, 0.6) is 5.75 Å². The van der Waals surface area contributed by atoms with Crippen molar-refractivity contribution in [2.45, 2.75) is 19.4 Å². The van der Waals surface area contributed by atoms with Gasteiger partial charge in [0.15, 0.2) is 0 Å². The Morgan fingerprint density at radius 2 is 2.26 bits per heavy atom. The molecule has 1 aromatic carbocycles. The van der Waals surface area contributed by atoms with Crippen molar-refractivity contribution < 1.29 is 14.5 Å². The first-order chi connectivity index (χ1) is 9.03. The van der Waals surface area contributed by atoms with Crippen molar-refractivity contribution >= 4 is 23.2 Å². The lowest BCUT2D eigenvalue weighted by molar-refractivity contribution is -0.384. The second-order valence-electron chi connectivity index (χ2n) is 3.87. The standard InChI is InChI=1S/C12H15ClN2O4/c1-3-8(7-13)14-12(16)10-5-4-9(15(17)18)6-11(10)19-2/h4-6,8H,3,7H2,1-2H3,(H,14,16). The topological polar surface area (TPSA) is 81.5 Å². The Bertz CT molecular complexity index is 475. The first kappa shape index (κ1) is 15.2. The summed E-state index contributed by atoms with van der Waals surface area (Å²) in [6.07, 6.45) is 0.699. The molecule has 0 spiro atoms. The minimum atomic E-state index is -0.544. The van der Waals surface area contributed by atoms with Crippen molar-refractivity contribution in [3.05, 3.63) is 33.9 Å². The SMILES string of the molecule is CCC(CCl)NC(=O)c1ccc([N+](=O)[O-])cc1OC. The number of carbonyl (C=O) groups is 1. The predicted molar refractivity (Wildman–Crippen MR) is 71.9 cm³/mol. The normalized spacial score (nSPS) is 11.7. The van der Waals surface area contributed by atoms with Crippen molar-refractivity contribution in [3.8, 4) is 5.75 Å². The van der Waals surface area contributed by atoms with Gasteiger partial charge in [0.1, 0.15) is 5.75 Å². The molecule has 1 amide bonds. The summed E-state index contributed by atoms with van der Waals surface area (Å²) in [6.45, 7) is 1.90. The van der Waals surface area contributed by atoms with Crippen LogP contribution in [0.25, 0.3) is 0 Å². The number of carbonyl (C=O) groups excluding carboxylic acids is 1. The average molecular weight is 287 g/mol. The van der Waals surface area contributed by atoms with Crippen LogP contribution >= 0.6 is 11.6 Å². The number of nitro benzene ring substituents is 1. The number of nitro groups is 1. The van der Waals surface area contributed by atoms with Gasteiger partial charge in [0, 0.05) is 18.0 Å². The molecule has 1 aromatic rings.